The Labute approximate surface area is 113 Å². The second-order valence-corrected chi connectivity index (χ2v) is 5.04. The van der Waals surface area contributed by atoms with Gasteiger partial charge in [-0.2, -0.15) is 5.10 Å². The Hall–Kier alpha value is -1.62. The fraction of sp³-hybridized carbons (Fsp3) is 0.571. The normalized spacial score (nSPS) is 16.9. The first-order valence-electron chi connectivity index (χ1n) is 6.94. The van der Waals surface area contributed by atoms with Crippen molar-refractivity contribution in [2.24, 2.45) is 0 Å². The van der Waals surface area contributed by atoms with Crippen molar-refractivity contribution >= 4 is 16.7 Å². The third kappa shape index (κ3) is 2.30. The molecule has 0 aliphatic carbocycles. The van der Waals surface area contributed by atoms with Crippen molar-refractivity contribution in [1.82, 2.24) is 15.2 Å². The van der Waals surface area contributed by atoms with Gasteiger partial charge in [-0.25, -0.2) is 4.98 Å². The van der Waals surface area contributed by atoms with Gasteiger partial charge in [0, 0.05) is 36.9 Å². The molecule has 0 radical (unpaired) electrons. The van der Waals surface area contributed by atoms with Gasteiger partial charge in [0.05, 0.1) is 6.20 Å². The average Bonchev–Trinajstić information content (AvgIpc) is 2.82. The molecule has 19 heavy (non-hydrogen) atoms. The molecule has 0 amide bonds. The van der Waals surface area contributed by atoms with Crippen LogP contribution in [-0.4, -0.2) is 41.0 Å². The van der Waals surface area contributed by atoms with E-state index in [-0.39, 0.29) is 0 Å². The molecule has 0 bridgehead atoms. The summed E-state index contributed by atoms with van der Waals surface area (Å²) in [4.78, 5) is 6.95. The van der Waals surface area contributed by atoms with E-state index in [1.54, 1.807) is 0 Å². The number of aromatic nitrogens is 3. The Kier molecular flexibility index (Phi) is 3.38. The van der Waals surface area contributed by atoms with Gasteiger partial charge in [0.1, 0.15) is 11.3 Å². The van der Waals surface area contributed by atoms with E-state index in [4.69, 9.17) is 4.74 Å². The zero-order chi connectivity index (χ0) is 13.2. The molecule has 0 aromatic carbocycles. The summed E-state index contributed by atoms with van der Waals surface area (Å²) in [5, 5.41) is 8.41. The molecule has 1 N–H and O–H groups in total. The molecule has 3 heterocycles. The zero-order valence-corrected chi connectivity index (χ0v) is 11.5. The minimum atomic E-state index is 0.538. The fourth-order valence-corrected chi connectivity index (χ4v) is 2.79. The molecule has 1 aliphatic heterocycles. The molecular weight excluding hydrogens is 240 g/mol. The number of rotatable bonds is 3. The summed E-state index contributed by atoms with van der Waals surface area (Å²) < 4.78 is 5.45. The van der Waals surface area contributed by atoms with Crippen LogP contribution in [0.1, 0.15) is 25.5 Å². The maximum Gasteiger partial charge on any atom is 0.129 e. The lowest BCUT2D eigenvalue weighted by atomic mass is 10.1. The summed E-state index contributed by atoms with van der Waals surface area (Å²) >= 11 is 0. The molecule has 5 nitrogen and oxygen atoms in total. The number of aryl methyl sites for hydroxylation is 1. The third-order valence-corrected chi connectivity index (χ3v) is 3.88. The quantitative estimate of drug-likeness (QED) is 0.919. The highest BCUT2D eigenvalue weighted by Crippen LogP contribution is 2.24. The van der Waals surface area contributed by atoms with E-state index in [9.17, 15) is 0 Å². The first-order valence-corrected chi connectivity index (χ1v) is 6.94. The maximum absolute atomic E-state index is 5.45. The number of anilines is 1. The number of fused-ring (bicyclic) bond motifs is 1. The molecule has 0 atom stereocenters. The Morgan fingerprint density at radius 3 is 2.95 bits per heavy atom. The highest BCUT2D eigenvalue weighted by Gasteiger charge is 2.21. The summed E-state index contributed by atoms with van der Waals surface area (Å²) in [5.74, 6) is 1.05. The van der Waals surface area contributed by atoms with Crippen molar-refractivity contribution in [2.45, 2.75) is 32.7 Å². The first-order chi connectivity index (χ1) is 9.29. The number of hydrogen-bond acceptors (Lipinski definition) is 4. The van der Waals surface area contributed by atoms with Gasteiger partial charge in [-0.15, -0.1) is 0 Å². The maximum atomic E-state index is 5.45. The number of aromatic amines is 1. The largest absolute Gasteiger partial charge is 0.381 e. The van der Waals surface area contributed by atoms with Crippen LogP contribution in [0.15, 0.2) is 12.3 Å². The number of H-pyrrole nitrogens is 1. The van der Waals surface area contributed by atoms with Crippen LogP contribution < -0.4 is 4.90 Å². The smallest absolute Gasteiger partial charge is 0.129 e. The van der Waals surface area contributed by atoms with Crippen LogP contribution in [0, 0.1) is 6.92 Å². The number of pyridine rings is 1. The van der Waals surface area contributed by atoms with Gasteiger partial charge < -0.3 is 9.64 Å². The van der Waals surface area contributed by atoms with Gasteiger partial charge in [0.2, 0.25) is 0 Å². The minimum absolute atomic E-state index is 0.538. The van der Waals surface area contributed by atoms with E-state index in [1.807, 2.05) is 13.1 Å². The fourth-order valence-electron chi connectivity index (χ4n) is 2.79. The lowest BCUT2D eigenvalue weighted by Gasteiger charge is -2.34. The second-order valence-electron chi connectivity index (χ2n) is 5.04. The summed E-state index contributed by atoms with van der Waals surface area (Å²) in [6, 6.07) is 2.68. The van der Waals surface area contributed by atoms with Crippen LogP contribution in [0.5, 0.6) is 0 Å². The lowest BCUT2D eigenvalue weighted by Crippen LogP contribution is -2.39. The molecule has 0 saturated carbocycles. The molecule has 0 spiro atoms. The van der Waals surface area contributed by atoms with Crippen LogP contribution in [0.2, 0.25) is 0 Å². The van der Waals surface area contributed by atoms with E-state index in [0.717, 1.165) is 55.0 Å². The molecular formula is C14H20N4O. The highest BCUT2D eigenvalue weighted by atomic mass is 16.5. The second kappa shape index (κ2) is 5.17. The summed E-state index contributed by atoms with van der Waals surface area (Å²) in [6.45, 7) is 6.91. The van der Waals surface area contributed by atoms with E-state index in [1.165, 1.54) is 0 Å². The Balaban J connectivity index is 1.93. The average molecular weight is 260 g/mol. The minimum Gasteiger partial charge on any atom is -0.381 e. The van der Waals surface area contributed by atoms with Crippen LogP contribution in [0.3, 0.4) is 0 Å². The van der Waals surface area contributed by atoms with Crippen molar-refractivity contribution < 1.29 is 4.74 Å². The zero-order valence-electron chi connectivity index (χ0n) is 11.5. The Bertz CT molecular complexity index is 560. The van der Waals surface area contributed by atoms with Gasteiger partial charge in [-0.05, 0) is 32.8 Å². The molecule has 0 unspecified atom stereocenters. The van der Waals surface area contributed by atoms with E-state index >= 15 is 0 Å². The first kappa shape index (κ1) is 12.4. The standard InChI is InChI=1S/C14H20N4O/c1-3-18(11-4-6-19-7-5-11)14-8-12-10(2)16-17-13(12)9-15-14/h8-9,11H,3-7H2,1-2H3,(H,16,17). The molecule has 2 aromatic heterocycles. The Morgan fingerprint density at radius 1 is 1.42 bits per heavy atom. The van der Waals surface area contributed by atoms with Crippen molar-refractivity contribution in [1.29, 1.82) is 0 Å². The summed E-state index contributed by atoms with van der Waals surface area (Å²) in [7, 11) is 0. The molecule has 1 saturated heterocycles. The third-order valence-electron chi connectivity index (χ3n) is 3.88. The number of nitrogens with zero attached hydrogens (tertiary/aromatic N) is 3. The number of nitrogens with one attached hydrogen (secondary N) is 1. The SMILES string of the molecule is CCN(c1cc2c(C)[nH]nc2cn1)C1CCOCC1. The molecule has 1 fully saturated rings. The van der Waals surface area contributed by atoms with Gasteiger partial charge in [-0.1, -0.05) is 0 Å². The van der Waals surface area contributed by atoms with Crippen LogP contribution in [-0.2, 0) is 4.74 Å². The van der Waals surface area contributed by atoms with Gasteiger partial charge >= 0.3 is 0 Å². The highest BCUT2D eigenvalue weighted by molar-refractivity contribution is 5.82. The molecule has 102 valence electrons. The van der Waals surface area contributed by atoms with Crippen LogP contribution in [0.25, 0.3) is 10.9 Å². The number of ether oxygens (including phenoxy) is 1. The summed E-state index contributed by atoms with van der Waals surface area (Å²) in [5.41, 5.74) is 2.03. The van der Waals surface area contributed by atoms with Gasteiger partial charge in [0.25, 0.3) is 0 Å². The van der Waals surface area contributed by atoms with Crippen molar-refractivity contribution in [3.63, 3.8) is 0 Å². The van der Waals surface area contributed by atoms with Gasteiger partial charge in [-0.3, -0.25) is 5.10 Å². The van der Waals surface area contributed by atoms with E-state index in [0.29, 0.717) is 6.04 Å². The van der Waals surface area contributed by atoms with Crippen LogP contribution in [0.4, 0.5) is 5.82 Å². The molecule has 3 rings (SSSR count). The monoisotopic (exact) mass is 260 g/mol. The number of hydrogen-bond donors (Lipinski definition) is 1. The van der Waals surface area contributed by atoms with Crippen molar-refractivity contribution in [3.05, 3.63) is 18.0 Å². The molecule has 5 heteroatoms. The van der Waals surface area contributed by atoms with Crippen molar-refractivity contribution in [3.8, 4) is 0 Å². The summed E-state index contributed by atoms with van der Waals surface area (Å²) in [6.07, 6.45) is 4.02. The molecule has 1 aliphatic rings. The van der Waals surface area contributed by atoms with Crippen LogP contribution >= 0.6 is 0 Å². The van der Waals surface area contributed by atoms with Crippen molar-refractivity contribution in [2.75, 3.05) is 24.7 Å². The lowest BCUT2D eigenvalue weighted by molar-refractivity contribution is 0.0845. The van der Waals surface area contributed by atoms with E-state index in [2.05, 4.69) is 33.1 Å². The predicted octanol–water partition coefficient (Wildman–Crippen LogP) is 2.27. The Morgan fingerprint density at radius 2 is 2.21 bits per heavy atom. The molecule has 2 aromatic rings. The topological polar surface area (TPSA) is 54.0 Å². The van der Waals surface area contributed by atoms with E-state index < -0.39 is 0 Å². The van der Waals surface area contributed by atoms with Gasteiger partial charge in [0.15, 0.2) is 0 Å². The predicted molar refractivity (Wildman–Crippen MR) is 75.5 cm³/mol.